The Bertz CT molecular complexity index is 395. The van der Waals surface area contributed by atoms with Crippen LogP contribution in [0.4, 0.5) is 0 Å². The monoisotopic (exact) mass is 237 g/mol. The van der Waals surface area contributed by atoms with Gasteiger partial charge in [-0.3, -0.25) is 4.99 Å². The van der Waals surface area contributed by atoms with Crippen LogP contribution < -0.4 is 0 Å². The second-order valence-corrected chi connectivity index (χ2v) is 3.89. The van der Waals surface area contributed by atoms with E-state index in [-0.39, 0.29) is 17.4 Å². The predicted molar refractivity (Wildman–Crippen MR) is 73.3 cm³/mol. The summed E-state index contributed by atoms with van der Waals surface area (Å²) in [6.07, 6.45) is 0. The summed E-state index contributed by atoms with van der Waals surface area (Å²) in [5.41, 5.74) is 2.26. The molecule has 0 spiro atoms. The van der Waals surface area contributed by atoms with Gasteiger partial charge in [-0.15, -0.1) is 0 Å². The SMILES string of the molecule is CC.CN=C(C)c1cc(C(C)C)c(O)cc1O. The van der Waals surface area contributed by atoms with Crippen LogP contribution in [0, 0.1) is 0 Å². The highest BCUT2D eigenvalue weighted by Gasteiger charge is 2.12. The topological polar surface area (TPSA) is 52.8 Å². The summed E-state index contributed by atoms with van der Waals surface area (Å²) in [4.78, 5) is 4.02. The molecule has 0 aliphatic rings. The second kappa shape index (κ2) is 6.94. The lowest BCUT2D eigenvalue weighted by Gasteiger charge is -2.12. The molecule has 3 heteroatoms. The number of phenols is 2. The number of aromatic hydroxyl groups is 2. The van der Waals surface area contributed by atoms with E-state index < -0.39 is 0 Å². The quantitative estimate of drug-likeness (QED) is 0.771. The van der Waals surface area contributed by atoms with E-state index in [2.05, 4.69) is 4.99 Å². The summed E-state index contributed by atoms with van der Waals surface area (Å²) in [7, 11) is 1.68. The van der Waals surface area contributed by atoms with E-state index in [1.54, 1.807) is 13.1 Å². The lowest BCUT2D eigenvalue weighted by molar-refractivity contribution is 0.443. The minimum Gasteiger partial charge on any atom is -0.508 e. The number of rotatable bonds is 2. The highest BCUT2D eigenvalue weighted by atomic mass is 16.3. The van der Waals surface area contributed by atoms with Crippen molar-refractivity contribution in [1.82, 2.24) is 0 Å². The van der Waals surface area contributed by atoms with E-state index in [4.69, 9.17) is 0 Å². The van der Waals surface area contributed by atoms with Gasteiger partial charge in [0.05, 0.1) is 0 Å². The summed E-state index contributed by atoms with van der Waals surface area (Å²) >= 11 is 0. The maximum absolute atomic E-state index is 9.66. The molecule has 0 atom stereocenters. The number of hydrogen-bond acceptors (Lipinski definition) is 3. The fraction of sp³-hybridized carbons (Fsp3) is 0.500. The van der Waals surface area contributed by atoms with E-state index >= 15 is 0 Å². The van der Waals surface area contributed by atoms with Crippen molar-refractivity contribution in [2.75, 3.05) is 7.05 Å². The molecule has 0 aromatic heterocycles. The lowest BCUT2D eigenvalue weighted by atomic mass is 9.97. The van der Waals surface area contributed by atoms with Crippen molar-refractivity contribution in [2.45, 2.75) is 40.5 Å². The third-order valence-corrected chi connectivity index (χ3v) is 2.49. The molecule has 0 aliphatic heterocycles. The van der Waals surface area contributed by atoms with Gasteiger partial charge < -0.3 is 10.2 Å². The largest absolute Gasteiger partial charge is 0.508 e. The maximum atomic E-state index is 9.66. The number of phenolic OH excluding ortho intramolecular Hbond substituents is 2. The highest BCUT2D eigenvalue weighted by molar-refractivity contribution is 6.01. The molecule has 17 heavy (non-hydrogen) atoms. The van der Waals surface area contributed by atoms with Gasteiger partial charge >= 0.3 is 0 Å². The van der Waals surface area contributed by atoms with Crippen LogP contribution in [-0.4, -0.2) is 23.0 Å². The highest BCUT2D eigenvalue weighted by Crippen LogP contribution is 2.32. The summed E-state index contributed by atoms with van der Waals surface area (Å²) in [5.74, 6) is 0.421. The van der Waals surface area contributed by atoms with Crippen LogP contribution >= 0.6 is 0 Å². The van der Waals surface area contributed by atoms with Crippen molar-refractivity contribution in [3.05, 3.63) is 23.3 Å². The predicted octanol–water partition coefficient (Wildman–Crippen LogP) is 3.69. The van der Waals surface area contributed by atoms with Gasteiger partial charge in [-0.1, -0.05) is 27.7 Å². The molecule has 0 bridgehead atoms. The average molecular weight is 237 g/mol. The van der Waals surface area contributed by atoms with Gasteiger partial charge in [0.1, 0.15) is 11.5 Å². The first-order chi connectivity index (χ1) is 7.97. The zero-order chi connectivity index (χ0) is 13.6. The Morgan fingerprint density at radius 1 is 1.12 bits per heavy atom. The molecule has 0 fully saturated rings. The molecule has 2 N–H and O–H groups in total. The third-order valence-electron chi connectivity index (χ3n) is 2.49. The Hall–Kier alpha value is -1.51. The van der Waals surface area contributed by atoms with Crippen LogP contribution in [0.3, 0.4) is 0 Å². The summed E-state index contributed by atoms with van der Waals surface area (Å²) in [6, 6.07) is 3.16. The molecule has 96 valence electrons. The Kier molecular flexibility index (Phi) is 6.33. The van der Waals surface area contributed by atoms with Gasteiger partial charge in [-0.2, -0.15) is 0 Å². The van der Waals surface area contributed by atoms with Crippen LogP contribution in [0.5, 0.6) is 11.5 Å². The van der Waals surface area contributed by atoms with Crippen molar-refractivity contribution in [2.24, 2.45) is 4.99 Å². The van der Waals surface area contributed by atoms with Crippen LogP contribution in [0.2, 0.25) is 0 Å². The molecular formula is C14H23NO2. The summed E-state index contributed by atoms with van der Waals surface area (Å²) in [5, 5.41) is 19.3. The molecular weight excluding hydrogens is 214 g/mol. The van der Waals surface area contributed by atoms with Crippen molar-refractivity contribution < 1.29 is 10.2 Å². The standard InChI is InChI=1S/C12H17NO2.C2H6/c1-7(2)9-5-10(8(3)13-4)12(15)6-11(9)14;1-2/h5-7,14-15H,1-4H3;1-2H3. The number of nitrogens with zero attached hydrogens (tertiary/aromatic N) is 1. The first-order valence-corrected chi connectivity index (χ1v) is 5.97. The molecule has 0 radical (unpaired) electrons. The second-order valence-electron chi connectivity index (χ2n) is 3.89. The summed E-state index contributed by atoms with van der Waals surface area (Å²) < 4.78 is 0. The van der Waals surface area contributed by atoms with Crippen molar-refractivity contribution in [3.8, 4) is 11.5 Å². The minimum absolute atomic E-state index is 0.0694. The van der Waals surface area contributed by atoms with Crippen LogP contribution in [0.25, 0.3) is 0 Å². The van der Waals surface area contributed by atoms with E-state index in [1.807, 2.05) is 34.6 Å². The first-order valence-electron chi connectivity index (χ1n) is 5.97. The van der Waals surface area contributed by atoms with Gasteiger partial charge in [0, 0.05) is 24.4 Å². The fourth-order valence-electron chi connectivity index (χ4n) is 1.47. The molecule has 0 heterocycles. The van der Waals surface area contributed by atoms with E-state index in [1.165, 1.54) is 6.07 Å². The Morgan fingerprint density at radius 3 is 2.06 bits per heavy atom. The molecule has 0 unspecified atom stereocenters. The Labute approximate surface area is 104 Å². The van der Waals surface area contributed by atoms with Crippen molar-refractivity contribution in [3.63, 3.8) is 0 Å². The molecule has 1 aromatic carbocycles. The van der Waals surface area contributed by atoms with Gasteiger partial charge in [0.25, 0.3) is 0 Å². The number of benzene rings is 1. The first kappa shape index (κ1) is 15.5. The fourth-order valence-corrected chi connectivity index (χ4v) is 1.47. The molecule has 0 amide bonds. The average Bonchev–Trinajstić information content (AvgIpc) is 2.30. The van der Waals surface area contributed by atoms with Crippen LogP contribution in [0.1, 0.15) is 51.7 Å². The van der Waals surface area contributed by atoms with Crippen molar-refractivity contribution in [1.29, 1.82) is 0 Å². The molecule has 1 rings (SSSR count). The minimum atomic E-state index is 0.0694. The van der Waals surface area contributed by atoms with Crippen LogP contribution in [0.15, 0.2) is 17.1 Å². The molecule has 0 saturated carbocycles. The van der Waals surface area contributed by atoms with Gasteiger partial charge in [-0.05, 0) is 24.5 Å². The zero-order valence-electron chi connectivity index (χ0n) is 11.6. The van der Waals surface area contributed by atoms with Crippen LogP contribution in [-0.2, 0) is 0 Å². The molecule has 0 saturated heterocycles. The van der Waals surface area contributed by atoms with Crippen molar-refractivity contribution >= 4 is 5.71 Å². The number of aliphatic imine (C=N–C) groups is 1. The zero-order valence-corrected chi connectivity index (χ0v) is 11.6. The van der Waals surface area contributed by atoms with E-state index in [0.717, 1.165) is 11.3 Å². The summed E-state index contributed by atoms with van der Waals surface area (Å²) in [6.45, 7) is 9.82. The molecule has 0 aliphatic carbocycles. The van der Waals surface area contributed by atoms with Gasteiger partial charge in [-0.25, -0.2) is 0 Å². The Morgan fingerprint density at radius 2 is 1.65 bits per heavy atom. The van der Waals surface area contributed by atoms with E-state index in [0.29, 0.717) is 5.56 Å². The van der Waals surface area contributed by atoms with E-state index in [9.17, 15) is 10.2 Å². The van der Waals surface area contributed by atoms with Gasteiger partial charge in [0.15, 0.2) is 0 Å². The lowest BCUT2D eigenvalue weighted by Crippen LogP contribution is -1.98. The molecule has 1 aromatic rings. The Balaban J connectivity index is 0.00000121. The maximum Gasteiger partial charge on any atom is 0.128 e. The normalized spacial score (nSPS) is 11.1. The van der Waals surface area contributed by atoms with Gasteiger partial charge in [0.2, 0.25) is 0 Å². The number of hydrogen-bond donors (Lipinski definition) is 2. The third kappa shape index (κ3) is 3.77. The molecule has 3 nitrogen and oxygen atoms in total. The smallest absolute Gasteiger partial charge is 0.128 e.